The van der Waals surface area contributed by atoms with Crippen molar-refractivity contribution in [1.29, 1.82) is 0 Å². The van der Waals surface area contributed by atoms with Gasteiger partial charge in [0.2, 0.25) is 0 Å². The number of carboxylic acid groups (broad SMARTS) is 1. The maximum absolute atomic E-state index is 12.4. The van der Waals surface area contributed by atoms with E-state index in [9.17, 15) is 18.0 Å². The number of amides is 1. The van der Waals surface area contributed by atoms with Gasteiger partial charge in [0.15, 0.2) is 9.84 Å². The molecule has 0 spiro atoms. The predicted molar refractivity (Wildman–Crippen MR) is 75.8 cm³/mol. The van der Waals surface area contributed by atoms with Gasteiger partial charge in [0.25, 0.3) is 5.91 Å². The Morgan fingerprint density at radius 1 is 1.29 bits per heavy atom. The molecule has 1 aliphatic rings. The summed E-state index contributed by atoms with van der Waals surface area (Å²) in [6.45, 7) is 2.24. The first kappa shape index (κ1) is 15.5. The van der Waals surface area contributed by atoms with Gasteiger partial charge in [-0.05, 0) is 12.1 Å². The molecule has 1 amide bonds. The van der Waals surface area contributed by atoms with Crippen LogP contribution in [0.5, 0.6) is 0 Å². The first-order valence-electron chi connectivity index (χ1n) is 6.68. The van der Waals surface area contributed by atoms with E-state index in [0.29, 0.717) is 13.1 Å². The van der Waals surface area contributed by atoms with E-state index in [1.165, 1.54) is 24.0 Å². The minimum atomic E-state index is -3.47. The van der Waals surface area contributed by atoms with Crippen molar-refractivity contribution in [2.45, 2.75) is 18.2 Å². The Balaban J connectivity index is 2.17. The third-order valence-corrected chi connectivity index (χ3v) is 5.33. The van der Waals surface area contributed by atoms with E-state index in [0.717, 1.165) is 0 Å². The number of aliphatic carboxylic acids is 1. The fraction of sp³-hybridized carbons (Fsp3) is 0.429. The number of carboxylic acids is 1. The molecule has 0 saturated carbocycles. The second kappa shape index (κ2) is 5.85. The molecule has 0 unspecified atom stereocenters. The molecule has 1 aliphatic heterocycles. The molecular formula is C14H17NO5S. The van der Waals surface area contributed by atoms with Crippen molar-refractivity contribution < 1.29 is 23.1 Å². The highest BCUT2D eigenvalue weighted by molar-refractivity contribution is 7.91. The zero-order chi connectivity index (χ0) is 15.6. The number of nitrogens with zero attached hydrogens (tertiary/aromatic N) is 1. The van der Waals surface area contributed by atoms with Gasteiger partial charge in [0.05, 0.1) is 22.6 Å². The molecule has 1 N–H and O–H groups in total. The maximum Gasteiger partial charge on any atom is 0.303 e. The van der Waals surface area contributed by atoms with E-state index in [2.05, 4.69) is 0 Å². The summed E-state index contributed by atoms with van der Waals surface area (Å²) in [6.07, 6.45) is 0.0265. The molecule has 1 fully saturated rings. The normalized spacial score (nSPS) is 15.6. The maximum atomic E-state index is 12.4. The lowest BCUT2D eigenvalue weighted by atomic mass is 9.95. The quantitative estimate of drug-likeness (QED) is 0.877. The molecule has 1 aromatic rings. The molecule has 0 bridgehead atoms. The summed E-state index contributed by atoms with van der Waals surface area (Å²) in [5.41, 5.74) is 0.160. The summed E-state index contributed by atoms with van der Waals surface area (Å²) in [7, 11) is -3.47. The lowest BCUT2D eigenvalue weighted by Gasteiger charge is -2.38. The number of rotatable bonds is 5. The van der Waals surface area contributed by atoms with E-state index in [-0.39, 0.29) is 34.5 Å². The van der Waals surface area contributed by atoms with E-state index >= 15 is 0 Å². The van der Waals surface area contributed by atoms with Crippen LogP contribution < -0.4 is 0 Å². The highest BCUT2D eigenvalue weighted by Crippen LogP contribution is 2.25. The number of carbonyl (C=O) groups excluding carboxylic acids is 1. The van der Waals surface area contributed by atoms with Crippen LogP contribution in [0.1, 0.15) is 23.7 Å². The van der Waals surface area contributed by atoms with E-state index < -0.39 is 15.8 Å². The molecule has 2 rings (SSSR count). The number of benzene rings is 1. The Bertz CT molecular complexity index is 662. The Kier molecular flexibility index (Phi) is 4.32. The number of carbonyl (C=O) groups is 2. The van der Waals surface area contributed by atoms with Crippen molar-refractivity contribution in [1.82, 2.24) is 4.90 Å². The predicted octanol–water partition coefficient (Wildman–Crippen LogP) is 1.03. The average Bonchev–Trinajstić information content (AvgIpc) is 2.41. The van der Waals surface area contributed by atoms with Gasteiger partial charge in [-0.3, -0.25) is 9.59 Å². The highest BCUT2D eigenvalue weighted by atomic mass is 32.2. The van der Waals surface area contributed by atoms with Crippen molar-refractivity contribution in [3.05, 3.63) is 29.8 Å². The van der Waals surface area contributed by atoms with Gasteiger partial charge >= 0.3 is 5.97 Å². The van der Waals surface area contributed by atoms with Crippen LogP contribution in [-0.2, 0) is 14.6 Å². The highest BCUT2D eigenvalue weighted by Gasteiger charge is 2.34. The molecule has 1 heterocycles. The van der Waals surface area contributed by atoms with Crippen molar-refractivity contribution in [2.24, 2.45) is 5.92 Å². The minimum Gasteiger partial charge on any atom is -0.481 e. The van der Waals surface area contributed by atoms with Gasteiger partial charge in [0, 0.05) is 19.0 Å². The molecule has 0 aromatic heterocycles. The third kappa shape index (κ3) is 3.24. The second-order valence-corrected chi connectivity index (χ2v) is 7.32. The minimum absolute atomic E-state index is 0.0265. The molecule has 0 radical (unpaired) electrons. The first-order chi connectivity index (χ1) is 9.85. The van der Waals surface area contributed by atoms with Crippen molar-refractivity contribution in [2.75, 3.05) is 18.8 Å². The van der Waals surface area contributed by atoms with E-state index in [1.54, 1.807) is 12.1 Å². The van der Waals surface area contributed by atoms with Crippen LogP contribution in [0.25, 0.3) is 0 Å². The van der Waals surface area contributed by atoms with Gasteiger partial charge in [0.1, 0.15) is 0 Å². The van der Waals surface area contributed by atoms with Crippen LogP contribution in [0.15, 0.2) is 29.2 Å². The standard InChI is InChI=1S/C14H17NO5S/c1-2-21(19,20)12-6-4-3-5-11(12)14(18)15-8-10(9-15)7-13(16)17/h3-6,10H,2,7-9H2,1H3,(H,16,17). The molecule has 1 aromatic carbocycles. The van der Waals surface area contributed by atoms with E-state index in [1.807, 2.05) is 0 Å². The van der Waals surface area contributed by atoms with Gasteiger partial charge in [-0.1, -0.05) is 19.1 Å². The summed E-state index contributed by atoms with van der Waals surface area (Å²) in [4.78, 5) is 24.5. The van der Waals surface area contributed by atoms with Crippen LogP contribution in [0, 0.1) is 5.92 Å². The molecule has 0 atom stereocenters. The molecule has 6 nitrogen and oxygen atoms in total. The van der Waals surface area contributed by atoms with Gasteiger partial charge in [-0.15, -0.1) is 0 Å². The largest absolute Gasteiger partial charge is 0.481 e. The van der Waals surface area contributed by atoms with Gasteiger partial charge in [-0.25, -0.2) is 8.42 Å². The average molecular weight is 311 g/mol. The van der Waals surface area contributed by atoms with Crippen LogP contribution >= 0.6 is 0 Å². The fourth-order valence-electron chi connectivity index (χ4n) is 2.35. The molecule has 0 aliphatic carbocycles. The zero-order valence-corrected chi connectivity index (χ0v) is 12.5. The van der Waals surface area contributed by atoms with Gasteiger partial charge in [-0.2, -0.15) is 0 Å². The second-order valence-electron chi connectivity index (χ2n) is 5.07. The van der Waals surface area contributed by atoms with Crippen molar-refractivity contribution in [3.63, 3.8) is 0 Å². The Hall–Kier alpha value is -1.89. The number of likely N-dealkylation sites (tertiary alicyclic amines) is 1. The Morgan fingerprint density at radius 3 is 2.48 bits per heavy atom. The van der Waals surface area contributed by atoms with Crippen molar-refractivity contribution >= 4 is 21.7 Å². The number of sulfone groups is 1. The Labute approximate surface area is 123 Å². The van der Waals surface area contributed by atoms with E-state index in [4.69, 9.17) is 5.11 Å². The Morgan fingerprint density at radius 2 is 1.90 bits per heavy atom. The molecule has 1 saturated heterocycles. The SMILES string of the molecule is CCS(=O)(=O)c1ccccc1C(=O)N1CC(CC(=O)O)C1. The number of hydrogen-bond acceptors (Lipinski definition) is 4. The summed E-state index contributed by atoms with van der Waals surface area (Å²) in [6, 6.07) is 6.13. The van der Waals surface area contributed by atoms with Crippen LogP contribution in [0.4, 0.5) is 0 Å². The molecule has 114 valence electrons. The lowest BCUT2D eigenvalue weighted by Crippen LogP contribution is -2.50. The van der Waals surface area contributed by atoms with Crippen molar-refractivity contribution in [3.8, 4) is 0 Å². The van der Waals surface area contributed by atoms with Gasteiger partial charge < -0.3 is 10.0 Å². The monoisotopic (exact) mass is 311 g/mol. The summed E-state index contributed by atoms with van der Waals surface area (Å²) in [5, 5.41) is 8.69. The zero-order valence-electron chi connectivity index (χ0n) is 11.7. The fourth-order valence-corrected chi connectivity index (χ4v) is 3.44. The third-order valence-electron chi connectivity index (χ3n) is 3.54. The molecule has 21 heavy (non-hydrogen) atoms. The van der Waals surface area contributed by atoms with Crippen LogP contribution in [0.3, 0.4) is 0 Å². The van der Waals surface area contributed by atoms with Crippen LogP contribution in [-0.4, -0.2) is 49.1 Å². The van der Waals surface area contributed by atoms with Crippen LogP contribution in [0.2, 0.25) is 0 Å². The molecule has 7 heteroatoms. The topological polar surface area (TPSA) is 91.8 Å². The smallest absolute Gasteiger partial charge is 0.303 e. The molecular weight excluding hydrogens is 294 g/mol. The number of hydrogen-bond donors (Lipinski definition) is 1. The summed E-state index contributed by atoms with van der Waals surface area (Å²) in [5.74, 6) is -1.37. The summed E-state index contributed by atoms with van der Waals surface area (Å²) < 4.78 is 24.0. The lowest BCUT2D eigenvalue weighted by molar-refractivity contribution is -0.139. The first-order valence-corrected chi connectivity index (χ1v) is 8.33. The summed E-state index contributed by atoms with van der Waals surface area (Å²) >= 11 is 0.